The largest absolute Gasteiger partial charge is 0.460 e. The Morgan fingerprint density at radius 2 is 1.97 bits per heavy atom. The highest BCUT2D eigenvalue weighted by Crippen LogP contribution is 2.56. The number of ether oxygens (including phenoxy) is 3. The van der Waals surface area contributed by atoms with Gasteiger partial charge < -0.3 is 19.3 Å². The van der Waals surface area contributed by atoms with Crippen LogP contribution in [0.5, 0.6) is 0 Å². The average Bonchev–Trinajstić information content (AvgIpc) is 3.05. The monoisotopic (exact) mass is 450 g/mol. The molecule has 0 aromatic heterocycles. The topological polar surface area (TPSA) is 82.1 Å². The fourth-order valence-corrected chi connectivity index (χ4v) is 6.46. The molecule has 2 bridgehead atoms. The normalized spacial score (nSPS) is 41.9. The highest BCUT2D eigenvalue weighted by Gasteiger charge is 2.60. The second-order valence-corrected chi connectivity index (χ2v) is 11.0. The molecule has 3 rings (SSSR count). The molecule has 182 valence electrons. The molecule has 0 unspecified atom stereocenters. The predicted molar refractivity (Wildman–Crippen MR) is 122 cm³/mol. The Morgan fingerprint density at radius 1 is 1.28 bits per heavy atom. The van der Waals surface area contributed by atoms with Crippen LogP contribution in [-0.4, -0.2) is 46.6 Å². The highest BCUT2D eigenvalue weighted by atomic mass is 16.6. The molecule has 3 fully saturated rings. The third-order valence-electron chi connectivity index (χ3n) is 8.03. The Morgan fingerprint density at radius 3 is 2.56 bits per heavy atom. The fraction of sp³-hybridized carbons (Fsp3) is 0.846. The van der Waals surface area contributed by atoms with Crippen LogP contribution in [0.4, 0.5) is 0 Å². The van der Waals surface area contributed by atoms with Gasteiger partial charge in [0.2, 0.25) is 0 Å². The maximum atomic E-state index is 12.7. The Kier molecular flexibility index (Phi) is 7.45. The zero-order valence-corrected chi connectivity index (χ0v) is 20.7. The van der Waals surface area contributed by atoms with Crippen molar-refractivity contribution in [3.8, 4) is 0 Å². The van der Waals surface area contributed by atoms with Gasteiger partial charge in [-0.15, -0.1) is 0 Å². The van der Waals surface area contributed by atoms with Crippen molar-refractivity contribution >= 4 is 11.9 Å². The lowest BCUT2D eigenvalue weighted by Crippen LogP contribution is -2.52. The van der Waals surface area contributed by atoms with E-state index in [1.807, 2.05) is 13.8 Å². The summed E-state index contributed by atoms with van der Waals surface area (Å²) in [5.41, 5.74) is -0.963. The van der Waals surface area contributed by atoms with E-state index in [2.05, 4.69) is 20.4 Å². The molecule has 1 N–H and O–H groups in total. The van der Waals surface area contributed by atoms with Crippen molar-refractivity contribution in [1.29, 1.82) is 0 Å². The minimum absolute atomic E-state index is 0.0907. The number of hydrogen-bond donors (Lipinski definition) is 1. The van der Waals surface area contributed by atoms with Gasteiger partial charge in [0.15, 0.2) is 0 Å². The maximum absolute atomic E-state index is 12.7. The number of fused-ring (bicyclic) bond motifs is 5. The van der Waals surface area contributed by atoms with E-state index >= 15 is 0 Å². The highest BCUT2D eigenvalue weighted by molar-refractivity contribution is 5.70. The van der Waals surface area contributed by atoms with Crippen LogP contribution in [0.25, 0.3) is 0 Å². The van der Waals surface area contributed by atoms with Crippen LogP contribution in [0, 0.1) is 23.7 Å². The van der Waals surface area contributed by atoms with E-state index in [1.165, 1.54) is 6.92 Å². The summed E-state index contributed by atoms with van der Waals surface area (Å²) < 4.78 is 18.4. The molecule has 1 saturated carbocycles. The zero-order chi connectivity index (χ0) is 23.8. The lowest BCUT2D eigenvalue weighted by Gasteiger charge is -2.46. The zero-order valence-electron chi connectivity index (χ0n) is 20.7. The molecule has 32 heavy (non-hydrogen) atoms. The molecule has 0 spiro atoms. The molecule has 0 aromatic carbocycles. The van der Waals surface area contributed by atoms with Gasteiger partial charge in [-0.3, -0.25) is 9.59 Å². The minimum atomic E-state index is -1.25. The molecule has 3 aliphatic rings. The van der Waals surface area contributed by atoms with Crippen LogP contribution in [0.1, 0.15) is 86.5 Å². The first kappa shape index (κ1) is 25.2. The average molecular weight is 451 g/mol. The van der Waals surface area contributed by atoms with Gasteiger partial charge >= 0.3 is 11.9 Å². The van der Waals surface area contributed by atoms with Crippen molar-refractivity contribution in [1.82, 2.24) is 0 Å². The molecule has 2 aliphatic heterocycles. The predicted octanol–water partition coefficient (Wildman–Crippen LogP) is 4.58. The van der Waals surface area contributed by atoms with Gasteiger partial charge in [-0.25, -0.2) is 0 Å². The summed E-state index contributed by atoms with van der Waals surface area (Å²) in [6.45, 7) is 15.9. The number of carbonyl (C=O) groups is 2. The quantitative estimate of drug-likeness (QED) is 0.488. The third kappa shape index (κ3) is 4.91. The molecule has 6 heteroatoms. The van der Waals surface area contributed by atoms with Gasteiger partial charge in [0.25, 0.3) is 0 Å². The van der Waals surface area contributed by atoms with Gasteiger partial charge in [-0.1, -0.05) is 32.9 Å². The molecule has 1 aliphatic carbocycles. The van der Waals surface area contributed by atoms with Gasteiger partial charge in [-0.2, -0.15) is 0 Å². The van der Waals surface area contributed by atoms with Gasteiger partial charge in [0, 0.05) is 31.6 Å². The Balaban J connectivity index is 2.06. The first-order valence-electron chi connectivity index (χ1n) is 12.3. The van der Waals surface area contributed by atoms with Crippen LogP contribution in [0.2, 0.25) is 0 Å². The molecule has 6 nitrogen and oxygen atoms in total. The summed E-state index contributed by atoms with van der Waals surface area (Å²) in [5.74, 6) is 0.510. The smallest absolute Gasteiger partial charge is 0.306 e. The summed E-state index contributed by atoms with van der Waals surface area (Å²) in [4.78, 5) is 24.5. The van der Waals surface area contributed by atoms with E-state index in [1.54, 1.807) is 6.92 Å². The summed E-state index contributed by atoms with van der Waals surface area (Å²) in [7, 11) is 0. The van der Waals surface area contributed by atoms with Crippen molar-refractivity contribution in [2.75, 3.05) is 0 Å². The lowest BCUT2D eigenvalue weighted by molar-refractivity contribution is -0.182. The lowest BCUT2D eigenvalue weighted by atomic mass is 9.60. The molecule has 2 heterocycles. The van der Waals surface area contributed by atoms with Crippen molar-refractivity contribution in [2.24, 2.45) is 23.7 Å². The molecule has 0 amide bonds. The van der Waals surface area contributed by atoms with E-state index in [4.69, 9.17) is 14.2 Å². The molecule has 0 aromatic rings. The van der Waals surface area contributed by atoms with Gasteiger partial charge in [-0.05, 0) is 57.8 Å². The SMILES string of the molecule is C=C1CC[C@H](C(C)C)[C@@H]2[C@H]1[C@H]1C[C@](C)(O)[C@@H](OC(C)=O)CC[C@](C)(OC(=O)CCC)[C@@H]2O1. The third-order valence-corrected chi connectivity index (χ3v) is 8.03. The summed E-state index contributed by atoms with van der Waals surface area (Å²) in [6, 6.07) is 0. The number of carbonyl (C=O) groups excluding carboxylic acids is 2. The van der Waals surface area contributed by atoms with Crippen LogP contribution in [0.15, 0.2) is 12.2 Å². The van der Waals surface area contributed by atoms with E-state index < -0.39 is 23.3 Å². The van der Waals surface area contributed by atoms with Crippen LogP contribution in [0.3, 0.4) is 0 Å². The second kappa shape index (κ2) is 9.46. The first-order chi connectivity index (χ1) is 14.9. The van der Waals surface area contributed by atoms with E-state index in [9.17, 15) is 14.7 Å². The van der Waals surface area contributed by atoms with Crippen LogP contribution in [-0.2, 0) is 23.8 Å². The van der Waals surface area contributed by atoms with E-state index in [0.717, 1.165) is 18.4 Å². The first-order valence-corrected chi connectivity index (χ1v) is 12.3. The summed E-state index contributed by atoms with van der Waals surface area (Å²) in [5, 5.41) is 11.4. The van der Waals surface area contributed by atoms with Crippen LogP contribution < -0.4 is 0 Å². The Bertz CT molecular complexity index is 728. The number of hydrogen-bond acceptors (Lipinski definition) is 6. The number of esters is 2. The van der Waals surface area contributed by atoms with Crippen molar-refractivity contribution in [3.63, 3.8) is 0 Å². The van der Waals surface area contributed by atoms with Crippen LogP contribution >= 0.6 is 0 Å². The fourth-order valence-electron chi connectivity index (χ4n) is 6.46. The van der Waals surface area contributed by atoms with Crippen molar-refractivity contribution in [3.05, 3.63) is 12.2 Å². The molecule has 0 radical (unpaired) electrons. The Hall–Kier alpha value is -1.40. The van der Waals surface area contributed by atoms with E-state index in [-0.39, 0.29) is 30.0 Å². The Labute approximate surface area is 193 Å². The summed E-state index contributed by atoms with van der Waals surface area (Å²) in [6.07, 6.45) is 3.04. The number of aliphatic hydroxyl groups is 1. The second-order valence-electron chi connectivity index (χ2n) is 11.0. The number of rotatable bonds is 5. The maximum Gasteiger partial charge on any atom is 0.306 e. The van der Waals surface area contributed by atoms with Gasteiger partial charge in [0.05, 0.1) is 6.10 Å². The molecular formula is C26H42O6. The van der Waals surface area contributed by atoms with Gasteiger partial charge in [0.1, 0.15) is 23.4 Å². The van der Waals surface area contributed by atoms with Crippen molar-refractivity contribution < 1.29 is 28.9 Å². The summed E-state index contributed by atoms with van der Waals surface area (Å²) >= 11 is 0. The minimum Gasteiger partial charge on any atom is -0.460 e. The molecule has 8 atom stereocenters. The standard InChI is InChI=1S/C26H42O6/c1-8-9-21(28)32-26(7)13-12-20(30-17(5)27)25(6,29)14-19-22-16(4)10-11-18(15(2)3)23(22)24(26)31-19/h15,18-20,22-24,29H,4,8-14H2,1-3,5-7H3/t18-,19-,20+,22-,23-,24-,25+,26+/m1/s1. The van der Waals surface area contributed by atoms with E-state index in [0.29, 0.717) is 43.9 Å². The van der Waals surface area contributed by atoms with Crippen molar-refractivity contribution in [2.45, 2.75) is 116 Å². The molecule has 2 saturated heterocycles. The molecular weight excluding hydrogens is 408 g/mol.